The van der Waals surface area contributed by atoms with Gasteiger partial charge in [0, 0.05) is 0 Å². The van der Waals surface area contributed by atoms with Crippen LogP contribution >= 0.6 is 0 Å². The third kappa shape index (κ3) is 5.68. The van der Waals surface area contributed by atoms with Crippen molar-refractivity contribution < 1.29 is 51.0 Å². The molecule has 0 heterocycles. The molecule has 0 radical (unpaired) electrons. The number of hydrogen-bond donors (Lipinski definition) is 0. The molecule has 0 unspecified atom stereocenters. The molecule has 0 spiro atoms. The second-order valence-corrected chi connectivity index (χ2v) is 5.69. The van der Waals surface area contributed by atoms with Crippen LogP contribution in [0.5, 0.6) is 0 Å². The van der Waals surface area contributed by atoms with E-state index in [1.165, 1.54) is 39.8 Å². The molecule has 0 amide bonds. The van der Waals surface area contributed by atoms with Crippen molar-refractivity contribution in [3.8, 4) is 11.1 Å². The maximum absolute atomic E-state index is 3.33. The molecule has 0 saturated carbocycles. The predicted octanol–water partition coefficient (Wildman–Crippen LogP) is -0.0704. The first-order valence-electron chi connectivity index (χ1n) is 8.20. The molecule has 0 N–H and O–H groups in total. The van der Waals surface area contributed by atoms with Gasteiger partial charge in [-0.1, -0.05) is 62.1 Å². The van der Waals surface area contributed by atoms with Gasteiger partial charge < -0.3 is 24.8 Å². The second kappa shape index (κ2) is 11.9. The van der Waals surface area contributed by atoms with Crippen molar-refractivity contribution in [1.82, 2.24) is 0 Å². The molecule has 0 aromatic heterocycles. The van der Waals surface area contributed by atoms with Crippen LogP contribution in [0.1, 0.15) is 44.2 Å². The minimum Gasteiger partial charge on any atom is -1.00 e. The fraction of sp³-hybridized carbons (Fsp3) is 0.273. The summed E-state index contributed by atoms with van der Waals surface area (Å²) < 4.78 is 0. The molecular formula is C22H22Cl2Zr. The van der Waals surface area contributed by atoms with Crippen LogP contribution in [-0.2, 0) is 32.6 Å². The van der Waals surface area contributed by atoms with Crippen molar-refractivity contribution in [3.63, 3.8) is 0 Å². The van der Waals surface area contributed by atoms with Gasteiger partial charge in [0.2, 0.25) is 0 Å². The summed E-state index contributed by atoms with van der Waals surface area (Å²) in [4.78, 5) is 0. The summed E-state index contributed by atoms with van der Waals surface area (Å²) in [6, 6.07) is 18.1. The van der Waals surface area contributed by atoms with Crippen molar-refractivity contribution in [1.29, 1.82) is 0 Å². The van der Waals surface area contributed by atoms with Crippen LogP contribution < -0.4 is 24.8 Å². The van der Waals surface area contributed by atoms with Crippen molar-refractivity contribution in [2.75, 3.05) is 0 Å². The Kier molecular flexibility index (Phi) is 11.6. The van der Waals surface area contributed by atoms with Crippen LogP contribution in [0.4, 0.5) is 0 Å². The van der Waals surface area contributed by atoms with Gasteiger partial charge in [-0.3, -0.25) is 6.08 Å². The fourth-order valence-electron chi connectivity index (χ4n) is 3.24. The largest absolute Gasteiger partial charge is 4.00 e. The first-order valence-corrected chi connectivity index (χ1v) is 8.20. The van der Waals surface area contributed by atoms with Crippen LogP contribution in [0, 0.1) is 12.1 Å². The molecule has 3 heteroatoms. The molecule has 2 aromatic carbocycles. The van der Waals surface area contributed by atoms with Gasteiger partial charge in [-0.15, -0.1) is 12.0 Å². The monoisotopic (exact) mass is 446 g/mol. The maximum atomic E-state index is 3.33. The van der Waals surface area contributed by atoms with E-state index in [1.54, 1.807) is 0 Å². The van der Waals surface area contributed by atoms with Crippen molar-refractivity contribution in [2.45, 2.75) is 39.5 Å². The van der Waals surface area contributed by atoms with Crippen molar-refractivity contribution >= 4 is 0 Å². The van der Waals surface area contributed by atoms with E-state index >= 15 is 0 Å². The first kappa shape index (κ1) is 24.4. The van der Waals surface area contributed by atoms with Gasteiger partial charge in [-0.25, -0.2) is 5.57 Å². The zero-order valence-electron chi connectivity index (χ0n) is 14.7. The van der Waals surface area contributed by atoms with Gasteiger partial charge in [0.1, 0.15) is 0 Å². The fourth-order valence-corrected chi connectivity index (χ4v) is 3.24. The average molecular weight is 449 g/mol. The number of hydrogen-bond acceptors (Lipinski definition) is 0. The van der Waals surface area contributed by atoms with Crippen LogP contribution in [0.3, 0.4) is 0 Å². The van der Waals surface area contributed by atoms with E-state index in [0.29, 0.717) is 0 Å². The van der Waals surface area contributed by atoms with Gasteiger partial charge >= 0.3 is 26.2 Å². The Hall–Kier alpha value is -0.617. The van der Waals surface area contributed by atoms with E-state index in [2.05, 4.69) is 68.5 Å². The molecule has 0 fully saturated rings. The van der Waals surface area contributed by atoms with E-state index in [1.807, 2.05) is 6.07 Å². The molecule has 25 heavy (non-hydrogen) atoms. The van der Waals surface area contributed by atoms with E-state index in [4.69, 9.17) is 0 Å². The van der Waals surface area contributed by atoms with Gasteiger partial charge in [0.15, 0.2) is 0 Å². The van der Waals surface area contributed by atoms with Gasteiger partial charge in [0.05, 0.1) is 0 Å². The first-order chi connectivity index (χ1) is 10.8. The molecule has 0 nitrogen and oxygen atoms in total. The minimum atomic E-state index is 0. The molecule has 2 aromatic rings. The normalized spacial score (nSPS) is 12.7. The molecule has 0 saturated heterocycles. The number of allylic oxidation sites excluding steroid dienone is 4. The summed E-state index contributed by atoms with van der Waals surface area (Å²) >= 11 is 0. The van der Waals surface area contributed by atoms with E-state index < -0.39 is 0 Å². The van der Waals surface area contributed by atoms with Crippen LogP contribution in [0.15, 0.2) is 59.7 Å². The summed E-state index contributed by atoms with van der Waals surface area (Å²) in [6.07, 6.45) is 10.0. The summed E-state index contributed by atoms with van der Waals surface area (Å²) in [5.41, 5.74) is 8.46. The van der Waals surface area contributed by atoms with Crippen LogP contribution in [0.25, 0.3) is 11.1 Å². The third-order valence-electron chi connectivity index (χ3n) is 4.40. The standard InChI is InChI=1S/C13H9.C9H13.2ClH.Zr/c1-3-7-12-10(5-1)9-11-6-2-4-8-13(11)12;1-3-8-6-5-7-9(8)4-2;;;/h1-5,7-8H,9H2;6H,3-5H2,1-2H3;2*1H;/q2*-1;;;+4/p-2. The van der Waals surface area contributed by atoms with Crippen molar-refractivity contribution in [2.24, 2.45) is 0 Å². The molecular weight excluding hydrogens is 426 g/mol. The maximum Gasteiger partial charge on any atom is 4.00 e. The second-order valence-electron chi connectivity index (χ2n) is 5.69. The van der Waals surface area contributed by atoms with Crippen LogP contribution in [-0.4, -0.2) is 0 Å². The van der Waals surface area contributed by atoms with Crippen molar-refractivity contribution in [3.05, 3.63) is 83.0 Å². The summed E-state index contributed by atoms with van der Waals surface area (Å²) in [5, 5.41) is 0. The Bertz CT molecular complexity index is 671. The molecule has 4 rings (SSSR count). The molecule has 2 aliphatic rings. The quantitative estimate of drug-likeness (QED) is 0.482. The van der Waals surface area contributed by atoms with Crippen LogP contribution in [0.2, 0.25) is 0 Å². The Morgan fingerprint density at radius 3 is 2.32 bits per heavy atom. The molecule has 0 aliphatic heterocycles. The summed E-state index contributed by atoms with van der Waals surface area (Å²) in [7, 11) is 0. The molecule has 0 atom stereocenters. The predicted molar refractivity (Wildman–Crippen MR) is 93.6 cm³/mol. The Morgan fingerprint density at radius 2 is 1.64 bits per heavy atom. The average Bonchev–Trinajstić information content (AvgIpc) is 3.19. The SMILES string of the molecule is CCC1=[C-]CC=C1CC.[Cl-].[Cl-].[Zr+4].[c-]1cccc2c1Cc1ccccc1-2. The molecule has 2 aliphatic carbocycles. The van der Waals surface area contributed by atoms with Gasteiger partial charge in [-0.2, -0.15) is 41.5 Å². The van der Waals surface area contributed by atoms with Gasteiger partial charge in [-0.05, 0) is 6.42 Å². The van der Waals surface area contributed by atoms with E-state index in [0.717, 1.165) is 19.3 Å². The molecule has 0 bridgehead atoms. The Morgan fingerprint density at radius 1 is 0.920 bits per heavy atom. The number of halogens is 2. The number of benzene rings is 2. The topological polar surface area (TPSA) is 0 Å². The zero-order chi connectivity index (χ0) is 15.4. The summed E-state index contributed by atoms with van der Waals surface area (Å²) in [6.45, 7) is 4.39. The van der Waals surface area contributed by atoms with E-state index in [9.17, 15) is 0 Å². The number of rotatable bonds is 2. The Labute approximate surface area is 183 Å². The van der Waals surface area contributed by atoms with Gasteiger partial charge in [0.25, 0.3) is 0 Å². The minimum absolute atomic E-state index is 0. The Balaban J connectivity index is 0.000000435. The summed E-state index contributed by atoms with van der Waals surface area (Å²) in [5.74, 6) is 0. The van der Waals surface area contributed by atoms with E-state index in [-0.39, 0.29) is 51.0 Å². The zero-order valence-corrected chi connectivity index (χ0v) is 18.7. The molecule has 128 valence electrons. The smallest absolute Gasteiger partial charge is 1.00 e. The number of fused-ring (bicyclic) bond motifs is 3. The third-order valence-corrected chi connectivity index (χ3v) is 4.40.